The molecule has 43 heavy (non-hydrogen) atoms. The van der Waals surface area contributed by atoms with Crippen LogP contribution in [0.25, 0.3) is 22.9 Å². The molecule has 0 amide bonds. The lowest BCUT2D eigenvalue weighted by atomic mass is 10.0. The van der Waals surface area contributed by atoms with Crippen LogP contribution in [0, 0.1) is 13.8 Å². The van der Waals surface area contributed by atoms with Gasteiger partial charge in [0.1, 0.15) is 17.7 Å². The molecule has 228 valence electrons. The van der Waals surface area contributed by atoms with Crippen LogP contribution in [0.15, 0.2) is 90.0 Å². The van der Waals surface area contributed by atoms with E-state index >= 15 is 0 Å². The Labute approximate surface area is 262 Å². The van der Waals surface area contributed by atoms with E-state index in [4.69, 9.17) is 20.5 Å². The first kappa shape index (κ1) is 28.0. The van der Waals surface area contributed by atoms with Crippen LogP contribution in [0.2, 0.25) is 0 Å². The van der Waals surface area contributed by atoms with E-state index in [1.807, 2.05) is 68.4 Å². The quantitative estimate of drug-likeness (QED) is 0.0614. The molecule has 2 aromatic carbocycles. The van der Waals surface area contributed by atoms with Gasteiger partial charge in [-0.1, -0.05) is 88.4 Å². The van der Waals surface area contributed by atoms with Crippen LogP contribution in [-0.2, 0) is 0 Å². The fourth-order valence-corrected chi connectivity index (χ4v) is 3.91. The Balaban J connectivity index is 0.000000703. The third kappa shape index (κ3) is 9.71. The van der Waals surface area contributed by atoms with E-state index in [9.17, 15) is 4.79 Å². The van der Waals surface area contributed by atoms with Crippen LogP contribution in [0.4, 0.5) is 0 Å². The summed E-state index contributed by atoms with van der Waals surface area (Å²) in [5.74, 6) is 7.69. The number of nitrogens with zero attached hydrogens (tertiary/aromatic N) is 5. The number of carbonyl (C=O) groups excluding carboxylic acids is 1. The van der Waals surface area contributed by atoms with Gasteiger partial charge < -0.3 is 11.6 Å². The summed E-state index contributed by atoms with van der Waals surface area (Å²) in [6, 6.07) is 27.4. The number of amidine groups is 1. The van der Waals surface area contributed by atoms with Gasteiger partial charge in [-0.25, -0.2) is 15.0 Å². The number of nitrogens with two attached hydrogens (primary N) is 2. The highest BCUT2D eigenvalue weighted by molar-refractivity contribution is 5.95. The van der Waals surface area contributed by atoms with E-state index in [0.29, 0.717) is 29.2 Å². The lowest BCUT2D eigenvalue weighted by molar-refractivity contribution is 0.112. The van der Waals surface area contributed by atoms with Crippen LogP contribution in [0.1, 0.15) is 87.0 Å². The zero-order valence-corrected chi connectivity index (χ0v) is 25.6. The number of benzene rings is 2. The minimum Gasteiger partial charge on any atom is -0.380 e. The fourth-order valence-electron chi connectivity index (χ4n) is 3.91. The SMILES string of the molecule is CC(C)c1ccc(C=O)cc1.Cc1cccc(-c2nc(-c3ccc(C(C)C)cc3)n[nH]2)n1.Cc1cccc(/C(N)=N/N)n1.[3H][3H].[3H][3H].[3H][3H]. The predicted molar refractivity (Wildman–Crippen MR) is 180 cm³/mol. The molecule has 0 saturated heterocycles. The van der Waals surface area contributed by atoms with Crippen molar-refractivity contribution < 1.29 is 13.7 Å². The van der Waals surface area contributed by atoms with E-state index in [1.165, 1.54) is 11.1 Å². The van der Waals surface area contributed by atoms with Gasteiger partial charge >= 0.3 is 0 Å². The first-order chi connectivity index (χ1) is 23.6. The molecule has 0 saturated carbocycles. The number of rotatable bonds is 6. The molecular weight excluding hydrogens is 536 g/mol. The number of aromatic nitrogens is 5. The second-order valence-electron chi connectivity index (χ2n) is 10.6. The maximum absolute atomic E-state index is 10.3. The average molecular weight is 595 g/mol. The van der Waals surface area contributed by atoms with Crippen LogP contribution >= 0.6 is 0 Å². The summed E-state index contributed by atoms with van der Waals surface area (Å²) >= 11 is 0. The molecule has 9 nitrogen and oxygen atoms in total. The lowest BCUT2D eigenvalue weighted by Crippen LogP contribution is -2.17. The molecule has 5 N–H and O–H groups in total. The van der Waals surface area contributed by atoms with Crippen LogP contribution < -0.4 is 11.6 Å². The molecular formula is C34H46N8O. The number of H-pyrrole nitrogens is 1. The molecule has 5 aromatic rings. The van der Waals surface area contributed by atoms with Crippen LogP contribution in [-0.4, -0.2) is 37.3 Å². The molecule has 0 unspecified atom stereocenters. The Morgan fingerprint density at radius 3 is 1.88 bits per heavy atom. The summed E-state index contributed by atoms with van der Waals surface area (Å²) in [4.78, 5) is 23.4. The molecule has 0 aliphatic rings. The Bertz CT molecular complexity index is 1650. The summed E-state index contributed by atoms with van der Waals surface area (Å²) in [5.41, 5.74) is 13.1. The monoisotopic (exact) mass is 594 g/mol. The number of hydrazone groups is 1. The molecule has 0 spiro atoms. The van der Waals surface area contributed by atoms with Gasteiger partial charge in [0.25, 0.3) is 0 Å². The molecule has 0 radical (unpaired) electrons. The van der Waals surface area contributed by atoms with Crippen molar-refractivity contribution >= 4 is 12.1 Å². The highest BCUT2D eigenvalue weighted by Crippen LogP contribution is 2.22. The minimum atomic E-state index is 0.258. The second kappa shape index (κ2) is 15.7. The van der Waals surface area contributed by atoms with Crippen molar-refractivity contribution in [1.29, 1.82) is 0 Å². The molecule has 5 rings (SSSR count). The summed E-state index contributed by atoms with van der Waals surface area (Å²) in [7, 11) is 0. The van der Waals surface area contributed by atoms with Crippen LogP contribution in [0.5, 0.6) is 0 Å². The average Bonchev–Trinajstić information content (AvgIpc) is 3.65. The topological polar surface area (TPSA) is 149 Å². The Morgan fingerprint density at radius 2 is 1.37 bits per heavy atom. The zero-order chi connectivity index (χ0) is 37.4. The number of nitrogens with one attached hydrogen (secondary N) is 1. The number of carbonyl (C=O) groups is 1. The van der Waals surface area contributed by atoms with E-state index in [2.05, 4.69) is 82.2 Å². The Kier molecular flexibility index (Phi) is 10.2. The number of aryl methyl sites for hydroxylation is 2. The van der Waals surface area contributed by atoms with Crippen molar-refractivity contribution in [1.82, 2.24) is 25.1 Å². The van der Waals surface area contributed by atoms with Gasteiger partial charge in [-0.15, -0.1) is 0 Å². The third-order valence-electron chi connectivity index (χ3n) is 6.48. The van der Waals surface area contributed by atoms with E-state index in [1.54, 1.807) is 6.07 Å². The third-order valence-corrected chi connectivity index (χ3v) is 6.48. The molecule has 9 heteroatoms. The Hall–Kier alpha value is -5.18. The smallest absolute Gasteiger partial charge is 0.181 e. The van der Waals surface area contributed by atoms with Crippen LogP contribution in [0.3, 0.4) is 0 Å². The molecule has 3 aromatic heterocycles. The highest BCUT2D eigenvalue weighted by Gasteiger charge is 2.09. The molecule has 0 aliphatic carbocycles. The van der Waals surface area contributed by atoms with E-state index in [0.717, 1.165) is 34.5 Å². The largest absolute Gasteiger partial charge is 0.380 e. The summed E-state index contributed by atoms with van der Waals surface area (Å²) in [6.45, 7) is 12.5. The van der Waals surface area contributed by atoms with Crippen molar-refractivity contribution in [2.75, 3.05) is 0 Å². The van der Waals surface area contributed by atoms with Gasteiger partial charge in [0.15, 0.2) is 17.5 Å². The maximum Gasteiger partial charge on any atom is 0.181 e. The number of aldehydes is 1. The first-order valence-corrected chi connectivity index (χ1v) is 14.1. The van der Waals surface area contributed by atoms with Gasteiger partial charge in [-0.3, -0.25) is 9.89 Å². The van der Waals surface area contributed by atoms with Gasteiger partial charge in [-0.2, -0.15) is 10.2 Å². The van der Waals surface area contributed by atoms with Crippen molar-refractivity contribution in [3.8, 4) is 22.9 Å². The predicted octanol–water partition coefficient (Wildman–Crippen LogP) is 7.30. The normalized spacial score (nSPS) is 11.5. The Morgan fingerprint density at radius 1 is 0.814 bits per heavy atom. The van der Waals surface area contributed by atoms with Gasteiger partial charge in [0, 0.05) is 31.4 Å². The summed E-state index contributed by atoms with van der Waals surface area (Å²) in [5, 5.41) is 10.6. The van der Waals surface area contributed by atoms with E-state index < -0.39 is 0 Å². The second-order valence-corrected chi connectivity index (χ2v) is 10.6. The molecule has 0 bridgehead atoms. The standard InChI is InChI=1S/C17H18N4.C10H12O.C7H10N4.3H2/c1-11(2)13-7-9-14(10-8-13)16-19-17(21-20-16)15-6-4-5-12(3)18-15;1-8(2)10-5-3-9(7-11)4-6-10;1-5-3-2-4-6(10-5)7(8)11-9;;;/h4-11H,1-3H3,(H,19,20,21);3-8H,1-2H3;2-4H,9H2,1H3,(H2,8,11);3*1H/i;;;3*1+2T. The van der Waals surface area contributed by atoms with Gasteiger partial charge in [-0.05, 0) is 61.1 Å². The fraction of sp³-hybridized carbons (Fsp3) is 0.235. The molecule has 0 aliphatic heterocycles. The van der Waals surface area contributed by atoms with Gasteiger partial charge in [0.2, 0.25) is 0 Å². The summed E-state index contributed by atoms with van der Waals surface area (Å²) < 4.78 is 30.0. The number of hydrogen-bond donors (Lipinski definition) is 3. The molecule has 3 heterocycles. The highest BCUT2D eigenvalue weighted by atomic mass is 16.1. The maximum atomic E-state index is 10.3. The molecule has 0 atom stereocenters. The van der Waals surface area contributed by atoms with E-state index in [-0.39, 0.29) is 5.84 Å². The van der Waals surface area contributed by atoms with Crippen molar-refractivity contribution in [3.63, 3.8) is 0 Å². The summed E-state index contributed by atoms with van der Waals surface area (Å²) in [6.07, 6.45) is 0.865. The molecule has 0 fully saturated rings. The van der Waals surface area contributed by atoms with Crippen molar-refractivity contribution in [2.45, 2.75) is 53.4 Å². The number of pyridine rings is 2. The lowest BCUT2D eigenvalue weighted by Gasteiger charge is -2.04. The number of aromatic amines is 1. The minimum absolute atomic E-state index is 0.258. The van der Waals surface area contributed by atoms with Gasteiger partial charge in [0.05, 0.1) is 0 Å². The van der Waals surface area contributed by atoms with Crippen molar-refractivity contribution in [3.05, 3.63) is 119 Å². The van der Waals surface area contributed by atoms with Crippen molar-refractivity contribution in [2.24, 2.45) is 16.7 Å². The first-order valence-electron chi connectivity index (χ1n) is 17.1. The zero-order valence-electron chi connectivity index (χ0n) is 31.6. The number of hydrogen-bond acceptors (Lipinski definition) is 7.